The number of nitrogens with one attached hydrogen (secondary N) is 1. The van der Waals surface area contributed by atoms with E-state index < -0.39 is 0 Å². The van der Waals surface area contributed by atoms with Gasteiger partial charge in [-0.25, -0.2) is 15.0 Å². The van der Waals surface area contributed by atoms with Gasteiger partial charge < -0.3 is 9.72 Å². The van der Waals surface area contributed by atoms with Crippen molar-refractivity contribution < 1.29 is 4.74 Å². The zero-order valence-corrected chi connectivity index (χ0v) is 8.03. The Labute approximate surface area is 81.6 Å². The Morgan fingerprint density at radius 1 is 1.50 bits per heavy atom. The van der Waals surface area contributed by atoms with Crippen LogP contribution in [0.5, 0.6) is 0 Å². The Morgan fingerprint density at radius 2 is 2.43 bits per heavy atom. The van der Waals surface area contributed by atoms with E-state index in [0.29, 0.717) is 0 Å². The monoisotopic (exact) mass is 192 g/mol. The Bertz CT molecular complexity index is 379. The third-order valence-electron chi connectivity index (χ3n) is 1.97. The molecule has 1 N–H and O–H groups in total. The number of imidazole rings is 1. The average Bonchev–Trinajstić information content (AvgIpc) is 2.60. The van der Waals surface area contributed by atoms with Crippen molar-refractivity contribution in [2.45, 2.75) is 12.8 Å². The van der Waals surface area contributed by atoms with Crippen LogP contribution in [0.15, 0.2) is 12.5 Å². The molecule has 0 aromatic carbocycles. The van der Waals surface area contributed by atoms with E-state index in [2.05, 4.69) is 19.9 Å². The fourth-order valence-electron chi connectivity index (χ4n) is 1.31. The lowest BCUT2D eigenvalue weighted by Crippen LogP contribution is -1.93. The van der Waals surface area contributed by atoms with Crippen molar-refractivity contribution in [2.75, 3.05) is 13.7 Å². The lowest BCUT2D eigenvalue weighted by atomic mass is 10.3. The van der Waals surface area contributed by atoms with Crippen molar-refractivity contribution in [1.82, 2.24) is 19.9 Å². The molecule has 0 aliphatic heterocycles. The Hall–Kier alpha value is -1.49. The van der Waals surface area contributed by atoms with E-state index in [4.69, 9.17) is 4.74 Å². The molecule has 14 heavy (non-hydrogen) atoms. The van der Waals surface area contributed by atoms with Crippen molar-refractivity contribution >= 4 is 11.2 Å². The van der Waals surface area contributed by atoms with Crippen LogP contribution in [0.3, 0.4) is 0 Å². The number of H-pyrrole nitrogens is 1. The Balaban J connectivity index is 2.11. The number of ether oxygens (including phenoxy) is 1. The zero-order valence-electron chi connectivity index (χ0n) is 8.03. The van der Waals surface area contributed by atoms with Crippen molar-refractivity contribution in [1.29, 1.82) is 0 Å². The molecular weight excluding hydrogens is 180 g/mol. The van der Waals surface area contributed by atoms with E-state index >= 15 is 0 Å². The first-order valence-corrected chi connectivity index (χ1v) is 4.53. The van der Waals surface area contributed by atoms with Crippen LogP contribution < -0.4 is 0 Å². The second-order valence-electron chi connectivity index (χ2n) is 3.04. The first-order chi connectivity index (χ1) is 6.90. The molecule has 0 amide bonds. The summed E-state index contributed by atoms with van der Waals surface area (Å²) < 4.78 is 4.97. The van der Waals surface area contributed by atoms with E-state index in [9.17, 15) is 0 Å². The molecular formula is C9H12N4O. The SMILES string of the molecule is COCCCc1nc2ncncc2[nH]1. The van der Waals surface area contributed by atoms with Crippen LogP contribution in [0.1, 0.15) is 12.2 Å². The maximum Gasteiger partial charge on any atom is 0.180 e. The van der Waals surface area contributed by atoms with Crippen LogP contribution >= 0.6 is 0 Å². The number of hydrogen-bond donors (Lipinski definition) is 1. The van der Waals surface area contributed by atoms with Crippen LogP contribution in [-0.2, 0) is 11.2 Å². The quantitative estimate of drug-likeness (QED) is 0.732. The predicted molar refractivity (Wildman–Crippen MR) is 51.9 cm³/mol. The maximum absolute atomic E-state index is 4.97. The maximum atomic E-state index is 4.97. The molecule has 0 saturated carbocycles. The summed E-state index contributed by atoms with van der Waals surface area (Å²) in [5, 5.41) is 0. The first-order valence-electron chi connectivity index (χ1n) is 4.53. The molecule has 0 radical (unpaired) electrons. The summed E-state index contributed by atoms with van der Waals surface area (Å²) in [6, 6.07) is 0. The molecule has 0 fully saturated rings. The molecule has 0 bridgehead atoms. The van der Waals surface area contributed by atoms with Crippen molar-refractivity contribution in [2.24, 2.45) is 0 Å². The molecule has 0 aliphatic carbocycles. The molecule has 0 aliphatic rings. The van der Waals surface area contributed by atoms with Gasteiger partial charge in [-0.05, 0) is 6.42 Å². The van der Waals surface area contributed by atoms with E-state index in [0.717, 1.165) is 36.4 Å². The molecule has 5 heteroatoms. The van der Waals surface area contributed by atoms with Crippen molar-refractivity contribution in [3.63, 3.8) is 0 Å². The number of aromatic amines is 1. The van der Waals surface area contributed by atoms with Gasteiger partial charge in [-0.3, -0.25) is 0 Å². The predicted octanol–water partition coefficient (Wildman–Crippen LogP) is 0.932. The number of hydrogen-bond acceptors (Lipinski definition) is 4. The molecule has 5 nitrogen and oxygen atoms in total. The number of aryl methyl sites for hydroxylation is 1. The molecule has 2 aromatic heterocycles. The highest BCUT2D eigenvalue weighted by Crippen LogP contribution is 2.07. The van der Waals surface area contributed by atoms with Gasteiger partial charge in [0.2, 0.25) is 0 Å². The highest BCUT2D eigenvalue weighted by Gasteiger charge is 2.02. The minimum absolute atomic E-state index is 0.729. The summed E-state index contributed by atoms with van der Waals surface area (Å²) in [5.41, 5.74) is 1.62. The summed E-state index contributed by atoms with van der Waals surface area (Å²) in [6.07, 6.45) is 5.07. The minimum Gasteiger partial charge on any atom is -0.385 e. The van der Waals surface area contributed by atoms with E-state index in [-0.39, 0.29) is 0 Å². The summed E-state index contributed by atoms with van der Waals surface area (Å²) in [5.74, 6) is 0.942. The number of nitrogens with zero attached hydrogens (tertiary/aromatic N) is 3. The van der Waals surface area contributed by atoms with Crippen LogP contribution in [0.4, 0.5) is 0 Å². The lowest BCUT2D eigenvalue weighted by Gasteiger charge is -1.94. The van der Waals surface area contributed by atoms with Gasteiger partial charge in [0, 0.05) is 20.1 Å². The molecule has 2 aromatic rings. The first kappa shape index (κ1) is 9.08. The van der Waals surface area contributed by atoms with E-state index in [1.54, 1.807) is 13.3 Å². The van der Waals surface area contributed by atoms with E-state index in [1.807, 2.05) is 0 Å². The largest absolute Gasteiger partial charge is 0.385 e. The Kier molecular flexibility index (Phi) is 2.69. The fraction of sp³-hybridized carbons (Fsp3) is 0.444. The normalized spacial score (nSPS) is 10.9. The summed E-state index contributed by atoms with van der Waals surface area (Å²) in [4.78, 5) is 15.4. The molecule has 2 rings (SSSR count). The van der Waals surface area contributed by atoms with Gasteiger partial charge in [0.25, 0.3) is 0 Å². The summed E-state index contributed by atoms with van der Waals surface area (Å²) in [7, 11) is 1.70. The summed E-state index contributed by atoms with van der Waals surface area (Å²) >= 11 is 0. The Morgan fingerprint density at radius 3 is 3.21 bits per heavy atom. The lowest BCUT2D eigenvalue weighted by molar-refractivity contribution is 0.194. The molecule has 0 saturated heterocycles. The third kappa shape index (κ3) is 1.88. The number of rotatable bonds is 4. The summed E-state index contributed by atoms with van der Waals surface area (Å²) in [6.45, 7) is 0.753. The number of fused-ring (bicyclic) bond motifs is 1. The van der Waals surface area contributed by atoms with Gasteiger partial charge in [-0.15, -0.1) is 0 Å². The molecule has 0 unspecified atom stereocenters. The number of methoxy groups -OCH3 is 1. The van der Waals surface area contributed by atoms with Crippen LogP contribution in [-0.4, -0.2) is 33.7 Å². The van der Waals surface area contributed by atoms with Crippen LogP contribution in [0.25, 0.3) is 11.2 Å². The van der Waals surface area contributed by atoms with Gasteiger partial charge in [-0.1, -0.05) is 0 Å². The van der Waals surface area contributed by atoms with Gasteiger partial charge in [-0.2, -0.15) is 0 Å². The molecule has 2 heterocycles. The van der Waals surface area contributed by atoms with Crippen molar-refractivity contribution in [3.05, 3.63) is 18.3 Å². The second-order valence-corrected chi connectivity index (χ2v) is 3.04. The smallest absolute Gasteiger partial charge is 0.180 e. The fourth-order valence-corrected chi connectivity index (χ4v) is 1.31. The van der Waals surface area contributed by atoms with Crippen LogP contribution in [0, 0.1) is 0 Å². The van der Waals surface area contributed by atoms with Crippen LogP contribution in [0.2, 0.25) is 0 Å². The molecule has 74 valence electrons. The second kappa shape index (κ2) is 4.15. The van der Waals surface area contributed by atoms with E-state index in [1.165, 1.54) is 6.33 Å². The van der Waals surface area contributed by atoms with Crippen molar-refractivity contribution in [3.8, 4) is 0 Å². The molecule has 0 spiro atoms. The number of aromatic nitrogens is 4. The minimum atomic E-state index is 0.729. The third-order valence-corrected chi connectivity index (χ3v) is 1.97. The van der Waals surface area contributed by atoms with Gasteiger partial charge in [0.15, 0.2) is 5.65 Å². The topological polar surface area (TPSA) is 63.7 Å². The zero-order chi connectivity index (χ0) is 9.80. The average molecular weight is 192 g/mol. The highest BCUT2D eigenvalue weighted by molar-refractivity contribution is 5.68. The van der Waals surface area contributed by atoms with Gasteiger partial charge >= 0.3 is 0 Å². The standard InChI is InChI=1S/C9H12N4O/c1-14-4-2-3-8-12-7-5-10-6-11-9(7)13-8/h5-6H,2-4H2,1H3,(H,10,11,12,13). The molecule has 0 atom stereocenters. The van der Waals surface area contributed by atoms with Gasteiger partial charge in [0.1, 0.15) is 17.7 Å². The highest BCUT2D eigenvalue weighted by atomic mass is 16.5. The van der Waals surface area contributed by atoms with Gasteiger partial charge in [0.05, 0.1) is 6.20 Å².